The van der Waals surface area contributed by atoms with Crippen LogP contribution in [0.15, 0.2) is 24.3 Å². The Morgan fingerprint density at radius 2 is 2.11 bits per heavy atom. The Bertz CT molecular complexity index is 864. The van der Waals surface area contributed by atoms with Gasteiger partial charge >= 0.3 is 0 Å². The minimum absolute atomic E-state index is 0.122. The Hall–Kier alpha value is -2.48. The molecular formula is C19H20FN3O3S. The highest BCUT2D eigenvalue weighted by molar-refractivity contribution is 7.13. The predicted molar refractivity (Wildman–Crippen MR) is 98.2 cm³/mol. The summed E-state index contributed by atoms with van der Waals surface area (Å²) in [6, 6.07) is 5.98. The van der Waals surface area contributed by atoms with Crippen LogP contribution in [0.4, 0.5) is 4.39 Å². The van der Waals surface area contributed by atoms with Crippen molar-refractivity contribution in [3.8, 4) is 5.75 Å². The Kier molecular flexibility index (Phi) is 4.82. The molecule has 0 radical (unpaired) electrons. The number of rotatable bonds is 6. The molecule has 1 aliphatic carbocycles. The average molecular weight is 389 g/mol. The Labute approximate surface area is 160 Å². The summed E-state index contributed by atoms with van der Waals surface area (Å²) >= 11 is 1.27. The molecule has 0 spiro atoms. The van der Waals surface area contributed by atoms with Gasteiger partial charge in [0.1, 0.15) is 28.1 Å². The average Bonchev–Trinajstić information content (AvgIpc) is 3.32. The normalized spacial score (nSPS) is 19.4. The maximum atomic E-state index is 12.9. The van der Waals surface area contributed by atoms with Crippen LogP contribution in [-0.4, -0.2) is 40.3 Å². The summed E-state index contributed by atoms with van der Waals surface area (Å²) in [6.07, 6.45) is 2.50. The number of hydrogen-bond donors (Lipinski definition) is 1. The van der Waals surface area contributed by atoms with E-state index in [1.165, 1.54) is 23.5 Å². The predicted octanol–water partition coefficient (Wildman–Crippen LogP) is 2.66. The molecule has 1 aromatic carbocycles. The molecule has 2 aliphatic rings. The Morgan fingerprint density at radius 3 is 2.81 bits per heavy atom. The second-order valence-corrected chi connectivity index (χ2v) is 8.00. The number of carbonyl (C=O) groups is 2. The molecular weight excluding hydrogens is 369 g/mol. The van der Waals surface area contributed by atoms with Crippen molar-refractivity contribution in [2.75, 3.05) is 6.54 Å². The van der Waals surface area contributed by atoms with Gasteiger partial charge in [-0.05, 0) is 44.0 Å². The molecule has 2 fully saturated rings. The second-order valence-electron chi connectivity index (χ2n) is 6.92. The van der Waals surface area contributed by atoms with Crippen LogP contribution in [0.25, 0.3) is 0 Å². The van der Waals surface area contributed by atoms with Gasteiger partial charge in [-0.15, -0.1) is 11.3 Å². The summed E-state index contributed by atoms with van der Waals surface area (Å²) in [5.41, 5.74) is 0.638. The molecule has 4 rings (SSSR count). The number of hydrogen-bond acceptors (Lipinski definition) is 5. The summed E-state index contributed by atoms with van der Waals surface area (Å²) in [5.74, 6) is 0.141. The fourth-order valence-corrected chi connectivity index (χ4v) is 4.10. The monoisotopic (exact) mass is 389 g/mol. The van der Waals surface area contributed by atoms with Gasteiger partial charge < -0.3 is 15.0 Å². The largest absolute Gasteiger partial charge is 0.486 e. The summed E-state index contributed by atoms with van der Waals surface area (Å²) in [7, 11) is 0. The number of halogens is 1. The third kappa shape index (κ3) is 4.10. The van der Waals surface area contributed by atoms with Gasteiger partial charge in [0, 0.05) is 19.0 Å². The van der Waals surface area contributed by atoms with Crippen LogP contribution < -0.4 is 10.1 Å². The highest BCUT2D eigenvalue weighted by Gasteiger charge is 2.39. The number of aromatic nitrogens is 1. The highest BCUT2D eigenvalue weighted by atomic mass is 32.1. The van der Waals surface area contributed by atoms with Crippen molar-refractivity contribution in [3.63, 3.8) is 0 Å². The number of thiazole rings is 1. The van der Waals surface area contributed by atoms with E-state index in [9.17, 15) is 14.0 Å². The molecule has 1 unspecified atom stereocenters. The molecule has 142 valence electrons. The molecule has 6 nitrogen and oxygen atoms in total. The lowest BCUT2D eigenvalue weighted by Crippen LogP contribution is -2.37. The minimum Gasteiger partial charge on any atom is -0.486 e. The number of nitrogens with zero attached hydrogens (tertiary/aromatic N) is 2. The van der Waals surface area contributed by atoms with Crippen molar-refractivity contribution >= 4 is 23.2 Å². The van der Waals surface area contributed by atoms with Crippen LogP contribution in [0.1, 0.15) is 39.6 Å². The second kappa shape index (κ2) is 7.26. The van der Waals surface area contributed by atoms with E-state index in [1.807, 2.05) is 4.90 Å². The number of amides is 2. The maximum Gasteiger partial charge on any atom is 0.263 e. The molecule has 1 saturated carbocycles. The first-order valence-electron chi connectivity index (χ1n) is 8.94. The van der Waals surface area contributed by atoms with Crippen molar-refractivity contribution in [2.45, 2.75) is 44.9 Å². The third-order valence-electron chi connectivity index (χ3n) is 4.70. The molecule has 2 heterocycles. The van der Waals surface area contributed by atoms with E-state index >= 15 is 0 Å². The minimum atomic E-state index is -0.322. The van der Waals surface area contributed by atoms with E-state index in [1.54, 1.807) is 19.1 Å². The van der Waals surface area contributed by atoms with E-state index < -0.39 is 0 Å². The van der Waals surface area contributed by atoms with Gasteiger partial charge in [0.05, 0.1) is 11.7 Å². The van der Waals surface area contributed by atoms with E-state index in [0.29, 0.717) is 40.3 Å². The summed E-state index contributed by atoms with van der Waals surface area (Å²) in [5, 5.41) is 3.63. The lowest BCUT2D eigenvalue weighted by Gasteiger charge is -2.15. The molecule has 2 aromatic rings. The number of aryl methyl sites for hydroxylation is 1. The summed E-state index contributed by atoms with van der Waals surface area (Å²) in [4.78, 5) is 31.4. The lowest BCUT2D eigenvalue weighted by molar-refractivity contribution is -0.128. The van der Waals surface area contributed by atoms with Crippen LogP contribution >= 0.6 is 11.3 Å². The quantitative estimate of drug-likeness (QED) is 0.825. The molecule has 2 amide bonds. The van der Waals surface area contributed by atoms with Crippen LogP contribution in [0.2, 0.25) is 0 Å². The van der Waals surface area contributed by atoms with E-state index in [4.69, 9.17) is 4.74 Å². The first-order valence-corrected chi connectivity index (χ1v) is 9.76. The SMILES string of the molecule is Cc1nc(COc2ccc(F)cc2)sc1C(=O)NC1CC(=O)N(C2CC2)C1. The van der Waals surface area contributed by atoms with E-state index in [0.717, 1.165) is 12.8 Å². The molecule has 1 N–H and O–H groups in total. The zero-order valence-corrected chi connectivity index (χ0v) is 15.7. The fraction of sp³-hybridized carbons (Fsp3) is 0.421. The van der Waals surface area contributed by atoms with Crippen molar-refractivity contribution < 1.29 is 18.7 Å². The third-order valence-corrected chi connectivity index (χ3v) is 5.83. The van der Waals surface area contributed by atoms with Gasteiger partial charge in [-0.3, -0.25) is 9.59 Å². The van der Waals surface area contributed by atoms with Crippen LogP contribution in [0.3, 0.4) is 0 Å². The topological polar surface area (TPSA) is 71.5 Å². The van der Waals surface area contributed by atoms with Gasteiger partial charge in [-0.25, -0.2) is 9.37 Å². The molecule has 8 heteroatoms. The summed E-state index contributed by atoms with van der Waals surface area (Å²) < 4.78 is 18.5. The first kappa shape index (κ1) is 17.9. The zero-order chi connectivity index (χ0) is 19.0. The molecule has 1 saturated heterocycles. The van der Waals surface area contributed by atoms with Crippen LogP contribution in [-0.2, 0) is 11.4 Å². The Balaban J connectivity index is 1.35. The maximum absolute atomic E-state index is 12.9. The number of likely N-dealkylation sites (tertiary alicyclic amines) is 1. The molecule has 1 atom stereocenters. The van der Waals surface area contributed by atoms with Crippen molar-refractivity contribution in [3.05, 3.63) is 45.7 Å². The molecule has 0 bridgehead atoms. The highest BCUT2D eigenvalue weighted by Crippen LogP contribution is 2.31. The lowest BCUT2D eigenvalue weighted by atomic mass is 10.2. The smallest absolute Gasteiger partial charge is 0.263 e. The number of benzene rings is 1. The zero-order valence-electron chi connectivity index (χ0n) is 14.9. The standard InChI is InChI=1S/C19H20FN3O3S/c1-11-18(19(25)22-13-8-17(24)23(9-13)14-4-5-14)27-16(21-11)10-26-15-6-2-12(20)3-7-15/h2-3,6-7,13-14H,4-5,8-10H2,1H3,(H,22,25). The molecule has 1 aromatic heterocycles. The number of carbonyl (C=O) groups excluding carboxylic acids is 2. The van der Waals surface area contributed by atoms with Crippen molar-refractivity contribution in [1.82, 2.24) is 15.2 Å². The van der Waals surface area contributed by atoms with Gasteiger partial charge in [0.15, 0.2) is 0 Å². The Morgan fingerprint density at radius 1 is 1.37 bits per heavy atom. The van der Waals surface area contributed by atoms with E-state index in [2.05, 4.69) is 10.3 Å². The first-order chi connectivity index (χ1) is 13.0. The van der Waals surface area contributed by atoms with E-state index in [-0.39, 0.29) is 30.3 Å². The van der Waals surface area contributed by atoms with Gasteiger partial charge in [-0.1, -0.05) is 0 Å². The molecule has 1 aliphatic heterocycles. The van der Waals surface area contributed by atoms with Gasteiger partial charge in [0.25, 0.3) is 5.91 Å². The van der Waals surface area contributed by atoms with Gasteiger partial charge in [-0.2, -0.15) is 0 Å². The fourth-order valence-electron chi connectivity index (χ4n) is 3.22. The number of nitrogens with one attached hydrogen (secondary N) is 1. The van der Waals surface area contributed by atoms with Crippen molar-refractivity contribution in [1.29, 1.82) is 0 Å². The van der Waals surface area contributed by atoms with Crippen LogP contribution in [0, 0.1) is 12.7 Å². The molecule has 27 heavy (non-hydrogen) atoms. The van der Waals surface area contributed by atoms with Crippen LogP contribution in [0.5, 0.6) is 5.75 Å². The van der Waals surface area contributed by atoms with Gasteiger partial charge in [0.2, 0.25) is 5.91 Å². The summed E-state index contributed by atoms with van der Waals surface area (Å²) in [6.45, 7) is 2.58. The number of ether oxygens (including phenoxy) is 1. The van der Waals surface area contributed by atoms with Crippen molar-refractivity contribution in [2.24, 2.45) is 0 Å².